The van der Waals surface area contributed by atoms with Crippen molar-refractivity contribution in [2.24, 2.45) is 0 Å². The number of hydrogen-bond donors (Lipinski definition) is 0. The standard InChI is InChI=1S/C19H38O2/c1-4-7-10-13-18-14-17-20-19(21-18,15-11-8-5-2)16-12-9-6-3/h18H,4-17H2,1-3H3. The molecule has 2 heteroatoms. The summed E-state index contributed by atoms with van der Waals surface area (Å²) < 4.78 is 12.7. The molecular weight excluding hydrogens is 260 g/mol. The lowest BCUT2D eigenvalue weighted by Gasteiger charge is -2.42. The van der Waals surface area contributed by atoms with Crippen LogP contribution in [0.1, 0.15) is 104 Å². The second-order valence-corrected chi connectivity index (χ2v) is 6.70. The SMILES string of the molecule is CCCCCC1CCOC(CCCCC)(CCCCC)O1. The van der Waals surface area contributed by atoms with E-state index in [0.29, 0.717) is 6.10 Å². The average Bonchev–Trinajstić information content (AvgIpc) is 2.49. The third-order valence-electron chi connectivity index (χ3n) is 4.64. The Bertz CT molecular complexity index is 230. The van der Waals surface area contributed by atoms with Crippen LogP contribution in [-0.4, -0.2) is 18.5 Å². The number of hydrogen-bond acceptors (Lipinski definition) is 2. The molecule has 0 amide bonds. The molecular formula is C19H38O2. The Labute approximate surface area is 133 Å². The molecule has 1 heterocycles. The minimum absolute atomic E-state index is 0.251. The highest BCUT2D eigenvalue weighted by atomic mass is 16.7. The van der Waals surface area contributed by atoms with E-state index in [0.717, 1.165) is 25.9 Å². The zero-order valence-electron chi connectivity index (χ0n) is 14.8. The van der Waals surface area contributed by atoms with E-state index in [1.807, 2.05) is 0 Å². The third-order valence-corrected chi connectivity index (χ3v) is 4.64. The van der Waals surface area contributed by atoms with Crippen LogP contribution in [0.5, 0.6) is 0 Å². The van der Waals surface area contributed by atoms with Crippen LogP contribution in [0.15, 0.2) is 0 Å². The van der Waals surface area contributed by atoms with Gasteiger partial charge in [0.1, 0.15) is 0 Å². The van der Waals surface area contributed by atoms with Crippen molar-refractivity contribution in [1.82, 2.24) is 0 Å². The summed E-state index contributed by atoms with van der Waals surface area (Å²) in [6, 6.07) is 0. The van der Waals surface area contributed by atoms with Crippen LogP contribution in [-0.2, 0) is 9.47 Å². The van der Waals surface area contributed by atoms with Crippen molar-refractivity contribution in [2.75, 3.05) is 6.61 Å². The fourth-order valence-corrected chi connectivity index (χ4v) is 3.27. The van der Waals surface area contributed by atoms with Gasteiger partial charge in [-0.2, -0.15) is 0 Å². The Hall–Kier alpha value is -0.0800. The zero-order valence-corrected chi connectivity index (χ0v) is 14.8. The molecule has 21 heavy (non-hydrogen) atoms. The summed E-state index contributed by atoms with van der Waals surface area (Å²) in [7, 11) is 0. The van der Waals surface area contributed by atoms with Crippen LogP contribution < -0.4 is 0 Å². The van der Waals surface area contributed by atoms with E-state index in [-0.39, 0.29) is 5.79 Å². The Balaban J connectivity index is 2.48. The van der Waals surface area contributed by atoms with Crippen LogP contribution in [0.3, 0.4) is 0 Å². The fourth-order valence-electron chi connectivity index (χ4n) is 3.27. The number of ether oxygens (including phenoxy) is 2. The lowest BCUT2D eigenvalue weighted by molar-refractivity contribution is -0.301. The predicted octanol–water partition coefficient (Wildman–Crippen LogP) is 6.23. The van der Waals surface area contributed by atoms with E-state index in [1.165, 1.54) is 64.2 Å². The van der Waals surface area contributed by atoms with Gasteiger partial charge in [-0.3, -0.25) is 0 Å². The molecule has 0 radical (unpaired) electrons. The first-order valence-electron chi connectivity index (χ1n) is 9.58. The van der Waals surface area contributed by atoms with E-state index in [4.69, 9.17) is 9.47 Å². The molecule has 0 spiro atoms. The summed E-state index contributed by atoms with van der Waals surface area (Å²) in [5, 5.41) is 0. The van der Waals surface area contributed by atoms with Crippen molar-refractivity contribution in [2.45, 2.75) is 116 Å². The molecule has 1 aliphatic heterocycles. The maximum absolute atomic E-state index is 6.49. The first kappa shape index (κ1) is 19.0. The van der Waals surface area contributed by atoms with E-state index >= 15 is 0 Å². The number of unbranched alkanes of at least 4 members (excludes halogenated alkanes) is 6. The van der Waals surface area contributed by atoms with Gasteiger partial charge in [-0.15, -0.1) is 0 Å². The highest BCUT2D eigenvalue weighted by Gasteiger charge is 2.37. The maximum atomic E-state index is 6.49. The van der Waals surface area contributed by atoms with Crippen LogP contribution in [0.2, 0.25) is 0 Å². The van der Waals surface area contributed by atoms with Crippen LogP contribution in [0.4, 0.5) is 0 Å². The molecule has 0 bridgehead atoms. The molecule has 1 fully saturated rings. The monoisotopic (exact) mass is 298 g/mol. The molecule has 2 nitrogen and oxygen atoms in total. The normalized spacial score (nSPS) is 21.6. The van der Waals surface area contributed by atoms with Crippen LogP contribution in [0, 0.1) is 0 Å². The van der Waals surface area contributed by atoms with Crippen molar-refractivity contribution in [3.8, 4) is 0 Å². The quantitative estimate of drug-likeness (QED) is 0.398. The number of rotatable bonds is 12. The Morgan fingerprint density at radius 1 is 0.810 bits per heavy atom. The summed E-state index contributed by atoms with van der Waals surface area (Å²) in [6.07, 6.45) is 16.5. The molecule has 1 unspecified atom stereocenters. The first-order chi connectivity index (χ1) is 10.3. The summed E-state index contributed by atoms with van der Waals surface area (Å²) >= 11 is 0. The Kier molecular flexibility index (Phi) is 10.4. The molecule has 1 rings (SSSR count). The molecule has 1 saturated heterocycles. The Morgan fingerprint density at radius 2 is 1.38 bits per heavy atom. The largest absolute Gasteiger partial charge is 0.350 e. The van der Waals surface area contributed by atoms with E-state index < -0.39 is 0 Å². The van der Waals surface area contributed by atoms with Crippen molar-refractivity contribution < 1.29 is 9.47 Å². The molecule has 126 valence electrons. The second kappa shape index (κ2) is 11.5. The summed E-state index contributed by atoms with van der Waals surface area (Å²) in [5.74, 6) is -0.251. The minimum atomic E-state index is -0.251. The van der Waals surface area contributed by atoms with Gasteiger partial charge in [0.15, 0.2) is 5.79 Å². The molecule has 1 aliphatic rings. The molecule has 0 saturated carbocycles. The van der Waals surface area contributed by atoms with E-state index in [9.17, 15) is 0 Å². The van der Waals surface area contributed by atoms with E-state index in [1.54, 1.807) is 0 Å². The minimum Gasteiger partial charge on any atom is -0.350 e. The average molecular weight is 299 g/mol. The zero-order chi connectivity index (χ0) is 15.4. The molecule has 0 aliphatic carbocycles. The van der Waals surface area contributed by atoms with Gasteiger partial charge in [0.05, 0.1) is 12.7 Å². The fraction of sp³-hybridized carbons (Fsp3) is 1.00. The van der Waals surface area contributed by atoms with Crippen molar-refractivity contribution in [1.29, 1.82) is 0 Å². The lowest BCUT2D eigenvalue weighted by atomic mass is 9.98. The van der Waals surface area contributed by atoms with Gasteiger partial charge in [-0.05, 0) is 25.7 Å². The molecule has 0 aromatic heterocycles. The molecule has 1 atom stereocenters. The Morgan fingerprint density at radius 3 is 1.95 bits per heavy atom. The maximum Gasteiger partial charge on any atom is 0.168 e. The summed E-state index contributed by atoms with van der Waals surface area (Å²) in [6.45, 7) is 7.69. The molecule has 0 aromatic carbocycles. The van der Waals surface area contributed by atoms with Gasteiger partial charge >= 0.3 is 0 Å². The topological polar surface area (TPSA) is 18.5 Å². The second-order valence-electron chi connectivity index (χ2n) is 6.70. The third kappa shape index (κ3) is 7.65. The first-order valence-corrected chi connectivity index (χ1v) is 9.58. The lowest BCUT2D eigenvalue weighted by Crippen LogP contribution is -2.44. The molecule has 0 aromatic rings. The van der Waals surface area contributed by atoms with Crippen molar-refractivity contribution >= 4 is 0 Å². The van der Waals surface area contributed by atoms with Gasteiger partial charge < -0.3 is 9.47 Å². The molecule has 0 N–H and O–H groups in total. The highest BCUT2D eigenvalue weighted by Crippen LogP contribution is 2.34. The highest BCUT2D eigenvalue weighted by molar-refractivity contribution is 4.78. The summed E-state index contributed by atoms with van der Waals surface area (Å²) in [5.41, 5.74) is 0. The van der Waals surface area contributed by atoms with Gasteiger partial charge in [-0.25, -0.2) is 0 Å². The smallest absolute Gasteiger partial charge is 0.168 e. The van der Waals surface area contributed by atoms with Gasteiger partial charge in [0, 0.05) is 12.8 Å². The van der Waals surface area contributed by atoms with E-state index in [2.05, 4.69) is 20.8 Å². The van der Waals surface area contributed by atoms with Gasteiger partial charge in [0.25, 0.3) is 0 Å². The summed E-state index contributed by atoms with van der Waals surface area (Å²) in [4.78, 5) is 0. The predicted molar refractivity (Wildman–Crippen MR) is 90.6 cm³/mol. The van der Waals surface area contributed by atoms with Gasteiger partial charge in [0.2, 0.25) is 0 Å². The van der Waals surface area contributed by atoms with Crippen molar-refractivity contribution in [3.63, 3.8) is 0 Å². The van der Waals surface area contributed by atoms with Crippen molar-refractivity contribution in [3.05, 3.63) is 0 Å². The van der Waals surface area contributed by atoms with Gasteiger partial charge in [-0.1, -0.05) is 65.7 Å². The van der Waals surface area contributed by atoms with Crippen LogP contribution in [0.25, 0.3) is 0 Å². The van der Waals surface area contributed by atoms with Crippen LogP contribution >= 0.6 is 0 Å².